The van der Waals surface area contributed by atoms with Crippen LogP contribution in [0.2, 0.25) is 0 Å². The van der Waals surface area contributed by atoms with E-state index in [4.69, 9.17) is 5.73 Å². The number of quaternary nitrogens is 1. The summed E-state index contributed by atoms with van der Waals surface area (Å²) in [5, 5.41) is 1.47. The maximum absolute atomic E-state index is 12.8. The Kier molecular flexibility index (Phi) is 4.71. The van der Waals surface area contributed by atoms with E-state index in [9.17, 15) is 9.59 Å². The monoisotopic (exact) mass is 449 g/mol. The molecule has 2 atom stereocenters. The van der Waals surface area contributed by atoms with Gasteiger partial charge >= 0.3 is 5.91 Å². The number of carbonyl (C=O) groups excluding carboxylic acids is 2. The van der Waals surface area contributed by atoms with Crippen LogP contribution in [0.15, 0.2) is 65.1 Å². The molecule has 122 valence electrons. The van der Waals surface area contributed by atoms with Gasteiger partial charge in [0.15, 0.2) is 5.70 Å². The van der Waals surface area contributed by atoms with Gasteiger partial charge in [0.25, 0.3) is 0 Å². The average molecular weight is 451 g/mol. The fourth-order valence-electron chi connectivity index (χ4n) is 2.90. The van der Waals surface area contributed by atoms with E-state index >= 15 is 0 Å². The molecule has 2 aromatic carbocycles. The minimum Gasteiger partial charge on any atom is -0.368 e. The molecule has 0 aliphatic carbocycles. The molecule has 6 heteroatoms. The summed E-state index contributed by atoms with van der Waals surface area (Å²) in [6, 6.07) is 19.0. The van der Waals surface area contributed by atoms with E-state index in [-0.39, 0.29) is 5.91 Å². The van der Waals surface area contributed by atoms with Gasteiger partial charge in [0.1, 0.15) is 0 Å². The maximum Gasteiger partial charge on any atom is 0.342 e. The predicted octanol–water partition coefficient (Wildman–Crippen LogP) is 2.26. The number of amides is 2. The van der Waals surface area contributed by atoms with Crippen molar-refractivity contribution in [2.45, 2.75) is 10.2 Å². The van der Waals surface area contributed by atoms with Crippen molar-refractivity contribution in [1.82, 2.24) is 0 Å². The van der Waals surface area contributed by atoms with Crippen LogP contribution in [0.4, 0.5) is 0 Å². The van der Waals surface area contributed by atoms with Gasteiger partial charge in [0.05, 0.1) is 10.4 Å². The summed E-state index contributed by atoms with van der Waals surface area (Å²) in [4.78, 5) is 25.0. The first-order valence-electron chi connectivity index (χ1n) is 7.34. The van der Waals surface area contributed by atoms with Gasteiger partial charge in [0.2, 0.25) is 10.2 Å². The standard InChI is InChI=1S/C18H14Br2N2O2/c19-14-13(11-7-3-1-4-8-11)18(20,16(21)23)17(24)22-15(14)12-9-5-2-6-10-12/h1-10,13H,(H2,21,23)(H,22,24)/p+1. The first kappa shape index (κ1) is 17.1. The van der Waals surface area contributed by atoms with Crippen LogP contribution >= 0.6 is 31.9 Å². The van der Waals surface area contributed by atoms with E-state index in [0.29, 0.717) is 0 Å². The molecule has 2 unspecified atom stereocenters. The summed E-state index contributed by atoms with van der Waals surface area (Å²) < 4.78 is -0.763. The smallest absolute Gasteiger partial charge is 0.342 e. The molecule has 2 amide bonds. The molecule has 3 rings (SSSR count). The zero-order chi connectivity index (χ0) is 17.3. The molecule has 0 saturated heterocycles. The number of rotatable bonds is 3. The molecule has 0 saturated carbocycles. The summed E-state index contributed by atoms with van der Waals surface area (Å²) >= 11 is 6.97. The van der Waals surface area contributed by atoms with Crippen molar-refractivity contribution in [2.75, 3.05) is 0 Å². The molecule has 1 aliphatic rings. The number of halogens is 2. The molecule has 0 fully saturated rings. The highest BCUT2D eigenvalue weighted by Gasteiger charge is 2.57. The highest BCUT2D eigenvalue weighted by molar-refractivity contribution is 9.12. The lowest BCUT2D eigenvalue weighted by Gasteiger charge is -2.34. The maximum atomic E-state index is 12.8. The zero-order valence-electron chi connectivity index (χ0n) is 12.6. The van der Waals surface area contributed by atoms with Crippen molar-refractivity contribution in [3.63, 3.8) is 0 Å². The van der Waals surface area contributed by atoms with Crippen molar-refractivity contribution in [3.05, 3.63) is 76.3 Å². The summed E-state index contributed by atoms with van der Waals surface area (Å²) in [5.41, 5.74) is 8.08. The Hall–Kier alpha value is -1.76. The van der Waals surface area contributed by atoms with Gasteiger partial charge in [-0.3, -0.25) is 4.79 Å². The average Bonchev–Trinajstić information content (AvgIpc) is 2.60. The molecule has 24 heavy (non-hydrogen) atoms. The molecule has 0 bridgehead atoms. The predicted molar refractivity (Wildman–Crippen MR) is 99.3 cm³/mol. The fraction of sp³-hybridized carbons (Fsp3) is 0.111. The van der Waals surface area contributed by atoms with Crippen LogP contribution in [0, 0.1) is 0 Å². The molecule has 4 nitrogen and oxygen atoms in total. The second-order valence-corrected chi connectivity index (χ2v) is 7.66. The number of carbonyl (C=O) groups is 2. The Labute approximate surface area is 156 Å². The fourth-order valence-corrected chi connectivity index (χ4v) is 4.77. The third-order valence-electron chi connectivity index (χ3n) is 4.12. The first-order valence-corrected chi connectivity index (χ1v) is 8.93. The van der Waals surface area contributed by atoms with E-state index in [1.54, 1.807) is 0 Å². The van der Waals surface area contributed by atoms with Crippen LogP contribution in [0.25, 0.3) is 5.70 Å². The quantitative estimate of drug-likeness (QED) is 0.555. The summed E-state index contributed by atoms with van der Waals surface area (Å²) in [6.07, 6.45) is 0. The molecule has 0 aromatic heterocycles. The molecule has 2 aromatic rings. The molecule has 1 heterocycles. The van der Waals surface area contributed by atoms with Crippen molar-refractivity contribution >= 4 is 49.4 Å². The van der Waals surface area contributed by atoms with Gasteiger partial charge in [-0.25, -0.2) is 10.1 Å². The highest BCUT2D eigenvalue weighted by atomic mass is 79.9. The Morgan fingerprint density at radius 3 is 2.12 bits per heavy atom. The number of hydrogen-bond donors (Lipinski definition) is 2. The van der Waals surface area contributed by atoms with Gasteiger partial charge in [-0.05, 0) is 33.6 Å². The SMILES string of the molecule is NC(=O)C1(Br)C(=O)[NH2+]C(c2ccccc2)=C(Br)C1c1ccccc1. The van der Waals surface area contributed by atoms with E-state index in [2.05, 4.69) is 31.9 Å². The molecular formula is C18H15Br2N2O2+. The van der Waals surface area contributed by atoms with Crippen LogP contribution in [-0.2, 0) is 9.59 Å². The molecule has 4 N–H and O–H groups in total. The van der Waals surface area contributed by atoms with Gasteiger partial charge in [-0.15, -0.1) is 0 Å². The second kappa shape index (κ2) is 6.63. The molecule has 1 aliphatic heterocycles. The number of allylic oxidation sites excluding steroid dienone is 1. The zero-order valence-corrected chi connectivity index (χ0v) is 15.7. The largest absolute Gasteiger partial charge is 0.368 e. The van der Waals surface area contributed by atoms with Gasteiger partial charge in [0, 0.05) is 5.56 Å². The first-order chi connectivity index (χ1) is 11.5. The Bertz CT molecular complexity index is 821. The number of nitrogens with two attached hydrogens (primary N) is 2. The highest BCUT2D eigenvalue weighted by Crippen LogP contribution is 2.46. The Morgan fingerprint density at radius 2 is 1.58 bits per heavy atom. The van der Waals surface area contributed by atoms with Crippen LogP contribution in [-0.4, -0.2) is 16.1 Å². The lowest BCUT2D eigenvalue weighted by molar-refractivity contribution is -0.479. The minimum absolute atomic E-state index is 0.356. The lowest BCUT2D eigenvalue weighted by atomic mass is 9.81. The van der Waals surface area contributed by atoms with E-state index in [0.717, 1.165) is 21.3 Å². The Balaban J connectivity index is 2.24. The van der Waals surface area contributed by atoms with Gasteiger partial charge in [-0.2, -0.15) is 0 Å². The van der Waals surface area contributed by atoms with Crippen molar-refractivity contribution < 1.29 is 14.9 Å². The van der Waals surface area contributed by atoms with Crippen molar-refractivity contribution in [2.24, 2.45) is 5.73 Å². The number of hydrogen-bond acceptors (Lipinski definition) is 2. The summed E-state index contributed by atoms with van der Waals surface area (Å²) in [5.74, 6) is -1.60. The second-order valence-electron chi connectivity index (χ2n) is 5.56. The van der Waals surface area contributed by atoms with Crippen molar-refractivity contribution in [1.29, 1.82) is 0 Å². The Morgan fingerprint density at radius 1 is 1.04 bits per heavy atom. The number of benzene rings is 2. The third kappa shape index (κ3) is 2.75. The van der Waals surface area contributed by atoms with Crippen LogP contribution in [0.3, 0.4) is 0 Å². The molecular weight excluding hydrogens is 436 g/mol. The van der Waals surface area contributed by atoms with Crippen LogP contribution in [0.5, 0.6) is 0 Å². The van der Waals surface area contributed by atoms with E-state index in [1.807, 2.05) is 60.7 Å². The lowest BCUT2D eigenvalue weighted by Crippen LogP contribution is -2.92. The van der Waals surface area contributed by atoms with Gasteiger partial charge < -0.3 is 5.73 Å². The topological polar surface area (TPSA) is 76.8 Å². The summed E-state index contributed by atoms with van der Waals surface area (Å²) in [7, 11) is 0. The number of primary amides is 2. The normalized spacial score (nSPS) is 24.1. The van der Waals surface area contributed by atoms with E-state index in [1.165, 1.54) is 5.32 Å². The summed E-state index contributed by atoms with van der Waals surface area (Å²) in [6.45, 7) is 0. The third-order valence-corrected chi connectivity index (χ3v) is 6.24. The van der Waals surface area contributed by atoms with Crippen molar-refractivity contribution in [3.8, 4) is 0 Å². The van der Waals surface area contributed by atoms with Gasteiger partial charge in [-0.1, -0.05) is 64.5 Å². The van der Waals surface area contributed by atoms with E-state index < -0.39 is 16.1 Å². The number of alkyl halides is 1. The molecule has 0 spiro atoms. The minimum atomic E-state index is -1.51. The van der Waals surface area contributed by atoms with Crippen LogP contribution in [0.1, 0.15) is 17.0 Å². The van der Waals surface area contributed by atoms with Crippen LogP contribution < -0.4 is 11.1 Å². The molecule has 0 radical (unpaired) electrons.